The van der Waals surface area contributed by atoms with Crippen LogP contribution in [0, 0.1) is 34.5 Å². The Morgan fingerprint density at radius 3 is 2.73 bits per heavy atom. The Balaban J connectivity index is 1.70. The van der Waals surface area contributed by atoms with Crippen molar-refractivity contribution in [2.45, 2.75) is 71.3 Å². The van der Waals surface area contributed by atoms with Gasteiger partial charge in [0.15, 0.2) is 0 Å². The van der Waals surface area contributed by atoms with E-state index in [-0.39, 0.29) is 22.9 Å². The van der Waals surface area contributed by atoms with Crippen LogP contribution in [0.2, 0.25) is 0 Å². The van der Waals surface area contributed by atoms with Gasteiger partial charge >= 0.3 is 0 Å². The third-order valence-electron chi connectivity index (χ3n) is 7.90. The summed E-state index contributed by atoms with van der Waals surface area (Å²) in [5, 5.41) is 10.2. The van der Waals surface area contributed by atoms with Crippen molar-refractivity contribution in [3.63, 3.8) is 0 Å². The molecule has 0 spiro atoms. The number of hydrogen-bond acceptors (Lipinski definition) is 3. The van der Waals surface area contributed by atoms with Gasteiger partial charge in [-0.2, -0.15) is 0 Å². The van der Waals surface area contributed by atoms with Crippen LogP contribution >= 0.6 is 0 Å². The van der Waals surface area contributed by atoms with Gasteiger partial charge < -0.3 is 5.11 Å². The normalized spacial score (nSPS) is 54.6. The van der Waals surface area contributed by atoms with E-state index in [1.807, 2.05) is 0 Å². The molecule has 4 aliphatic carbocycles. The molecular weight excluding hydrogens is 276 g/mol. The maximum absolute atomic E-state index is 13.1. The topological polar surface area (TPSA) is 54.4 Å². The molecule has 0 heterocycles. The zero-order valence-electron chi connectivity index (χ0n) is 13.8. The van der Waals surface area contributed by atoms with Gasteiger partial charge in [-0.15, -0.1) is 0 Å². The molecule has 0 aliphatic heterocycles. The van der Waals surface area contributed by atoms with E-state index < -0.39 is 0 Å². The van der Waals surface area contributed by atoms with Crippen molar-refractivity contribution in [3.05, 3.63) is 0 Å². The van der Waals surface area contributed by atoms with Gasteiger partial charge in [0, 0.05) is 25.2 Å². The lowest BCUT2D eigenvalue weighted by atomic mass is 9.45. The predicted octanol–water partition coefficient (Wildman–Crippen LogP) is 3.14. The summed E-state index contributed by atoms with van der Waals surface area (Å²) < 4.78 is 0. The Kier molecular flexibility index (Phi) is 3.15. The van der Waals surface area contributed by atoms with Crippen molar-refractivity contribution in [1.29, 1.82) is 0 Å². The summed E-state index contributed by atoms with van der Waals surface area (Å²) in [5.41, 5.74) is 0.0497. The lowest BCUT2D eigenvalue weighted by Crippen LogP contribution is -2.56. The monoisotopic (exact) mass is 304 g/mol. The molecule has 122 valence electrons. The quantitative estimate of drug-likeness (QED) is 0.748. The fraction of sp³-hybridized carbons (Fsp3) is 0.895. The number of ketones is 2. The van der Waals surface area contributed by atoms with Gasteiger partial charge in [0.2, 0.25) is 0 Å². The molecular formula is C19H28O3. The zero-order valence-corrected chi connectivity index (χ0v) is 13.8. The van der Waals surface area contributed by atoms with E-state index >= 15 is 0 Å². The summed E-state index contributed by atoms with van der Waals surface area (Å²) >= 11 is 0. The predicted molar refractivity (Wildman–Crippen MR) is 83.1 cm³/mol. The third-order valence-corrected chi connectivity index (χ3v) is 7.90. The Labute approximate surface area is 132 Å². The Bertz CT molecular complexity index is 527. The van der Waals surface area contributed by atoms with E-state index in [4.69, 9.17) is 0 Å². The number of hydrogen-bond donors (Lipinski definition) is 1. The lowest BCUT2D eigenvalue weighted by Gasteiger charge is -2.58. The van der Waals surface area contributed by atoms with Crippen LogP contribution in [0.1, 0.15) is 65.2 Å². The fourth-order valence-electron chi connectivity index (χ4n) is 6.91. The number of aliphatic hydroxyl groups excluding tert-OH is 1. The van der Waals surface area contributed by atoms with Crippen molar-refractivity contribution in [3.8, 4) is 0 Å². The molecule has 0 aromatic rings. The third kappa shape index (κ3) is 1.90. The van der Waals surface area contributed by atoms with Gasteiger partial charge in [-0.05, 0) is 60.7 Å². The molecule has 0 aromatic carbocycles. The molecule has 4 fully saturated rings. The number of Topliss-reactive ketones (excluding diaryl/α,β-unsaturated/α-hetero) is 2. The number of carbonyl (C=O) groups is 2. The summed E-state index contributed by atoms with van der Waals surface area (Å²) in [6.07, 6.45) is 6.53. The molecule has 7 atom stereocenters. The van der Waals surface area contributed by atoms with E-state index in [0.717, 1.165) is 32.1 Å². The van der Waals surface area contributed by atoms with E-state index in [2.05, 4.69) is 13.8 Å². The molecule has 4 rings (SSSR count). The molecule has 0 bridgehead atoms. The lowest BCUT2D eigenvalue weighted by molar-refractivity contribution is -0.158. The first-order valence-corrected chi connectivity index (χ1v) is 9.06. The largest absolute Gasteiger partial charge is 0.393 e. The highest BCUT2D eigenvalue weighted by molar-refractivity contribution is 5.85. The molecule has 3 heteroatoms. The molecule has 0 amide bonds. The van der Waals surface area contributed by atoms with Crippen molar-refractivity contribution < 1.29 is 14.7 Å². The molecule has 0 saturated heterocycles. The first kappa shape index (κ1) is 14.9. The van der Waals surface area contributed by atoms with Crippen LogP contribution in [0.25, 0.3) is 0 Å². The van der Waals surface area contributed by atoms with Crippen LogP contribution in [0.3, 0.4) is 0 Å². The molecule has 0 aromatic heterocycles. The maximum atomic E-state index is 13.1. The van der Waals surface area contributed by atoms with E-state index in [0.29, 0.717) is 48.6 Å². The molecule has 4 aliphatic rings. The standard InChI is InChI=1S/C19H28O3/c1-18-9-13(21)8-15(18)14-4-3-11-7-12(20)5-6-19(11,2)17(14)16(22)10-18/h11,13-15,17,21H,3-10H2,1-2H3/t11-,13+,14-,15-,17+,18-,19-/m0/s1. The second-order valence-electron chi connectivity index (χ2n) is 9.16. The summed E-state index contributed by atoms with van der Waals surface area (Å²) in [5.74, 6) is 2.32. The highest BCUT2D eigenvalue weighted by atomic mass is 16.3. The van der Waals surface area contributed by atoms with E-state index in [9.17, 15) is 14.7 Å². The second-order valence-corrected chi connectivity index (χ2v) is 9.16. The van der Waals surface area contributed by atoms with Crippen molar-refractivity contribution >= 4 is 11.6 Å². The highest BCUT2D eigenvalue weighted by Gasteiger charge is 2.62. The first-order valence-electron chi connectivity index (χ1n) is 9.06. The SMILES string of the molecule is C[C@]12CC(=O)[C@H]3[C@@H](CC[C@H]4CC(=O)CC[C@@]43C)[C@@H]1C[C@@H](O)C2. The van der Waals surface area contributed by atoms with Crippen LogP contribution in [0.15, 0.2) is 0 Å². The van der Waals surface area contributed by atoms with Crippen LogP contribution in [0.5, 0.6) is 0 Å². The number of rotatable bonds is 0. The first-order chi connectivity index (χ1) is 10.3. The summed E-state index contributed by atoms with van der Waals surface area (Å²) in [6, 6.07) is 0. The average molecular weight is 304 g/mol. The summed E-state index contributed by atoms with van der Waals surface area (Å²) in [6.45, 7) is 4.51. The Hall–Kier alpha value is -0.700. The molecule has 3 nitrogen and oxygen atoms in total. The van der Waals surface area contributed by atoms with Gasteiger partial charge in [-0.25, -0.2) is 0 Å². The van der Waals surface area contributed by atoms with Crippen molar-refractivity contribution in [2.75, 3.05) is 0 Å². The summed E-state index contributed by atoms with van der Waals surface area (Å²) in [4.78, 5) is 24.9. The maximum Gasteiger partial charge on any atom is 0.137 e. The minimum absolute atomic E-state index is 0.0192. The van der Waals surface area contributed by atoms with E-state index in [1.165, 1.54) is 0 Å². The van der Waals surface area contributed by atoms with Crippen LogP contribution in [-0.2, 0) is 9.59 Å². The number of carbonyl (C=O) groups excluding carboxylic acids is 2. The zero-order chi connectivity index (χ0) is 15.7. The minimum atomic E-state index is -0.222. The second kappa shape index (κ2) is 4.66. The van der Waals surface area contributed by atoms with Gasteiger partial charge in [-0.1, -0.05) is 13.8 Å². The number of fused-ring (bicyclic) bond motifs is 5. The Morgan fingerprint density at radius 2 is 1.95 bits per heavy atom. The number of aliphatic hydroxyl groups is 1. The van der Waals surface area contributed by atoms with Crippen LogP contribution in [0.4, 0.5) is 0 Å². The molecule has 22 heavy (non-hydrogen) atoms. The van der Waals surface area contributed by atoms with E-state index in [1.54, 1.807) is 0 Å². The van der Waals surface area contributed by atoms with Gasteiger partial charge in [-0.3, -0.25) is 9.59 Å². The Morgan fingerprint density at radius 1 is 1.18 bits per heavy atom. The summed E-state index contributed by atoms with van der Waals surface area (Å²) in [7, 11) is 0. The van der Waals surface area contributed by atoms with Crippen molar-refractivity contribution in [2.24, 2.45) is 34.5 Å². The molecule has 0 radical (unpaired) electrons. The molecule has 4 saturated carbocycles. The fourth-order valence-corrected chi connectivity index (χ4v) is 6.91. The van der Waals surface area contributed by atoms with Gasteiger partial charge in [0.1, 0.15) is 11.6 Å². The van der Waals surface area contributed by atoms with Crippen LogP contribution in [-0.4, -0.2) is 22.8 Å². The average Bonchev–Trinajstić information content (AvgIpc) is 2.73. The molecule has 1 N–H and O–H groups in total. The van der Waals surface area contributed by atoms with Crippen LogP contribution < -0.4 is 0 Å². The molecule has 0 unspecified atom stereocenters. The van der Waals surface area contributed by atoms with Gasteiger partial charge in [0.25, 0.3) is 0 Å². The smallest absolute Gasteiger partial charge is 0.137 e. The highest BCUT2D eigenvalue weighted by Crippen LogP contribution is 2.64. The van der Waals surface area contributed by atoms with Gasteiger partial charge in [0.05, 0.1) is 6.10 Å². The minimum Gasteiger partial charge on any atom is -0.393 e. The van der Waals surface area contributed by atoms with Crippen molar-refractivity contribution in [1.82, 2.24) is 0 Å².